The summed E-state index contributed by atoms with van der Waals surface area (Å²) in [5, 5.41) is 2.46. The van der Waals surface area contributed by atoms with Crippen molar-refractivity contribution in [2.24, 2.45) is 5.41 Å². The van der Waals surface area contributed by atoms with Gasteiger partial charge in [0.15, 0.2) is 0 Å². The van der Waals surface area contributed by atoms with Crippen molar-refractivity contribution in [3.8, 4) is 27.9 Å². The third-order valence-corrected chi connectivity index (χ3v) is 22.2. The minimum Gasteiger partial charge on any atom is -0.399 e. The van der Waals surface area contributed by atoms with Crippen LogP contribution in [-0.4, -0.2) is 74.2 Å². The largest absolute Gasteiger partial charge is 0.494 e. The molecule has 93 heavy (non-hydrogen) atoms. The Bertz CT molecular complexity index is 3850. The van der Waals surface area contributed by atoms with Gasteiger partial charge in [0.2, 0.25) is 0 Å². The Kier molecular flexibility index (Phi) is 22.5. The standard InChI is InChI=1S/C37H21Br4N.C22H36B2O4.C19H29BrO3/c38-24-7-13-29-31(17-24)32-18-25(39)8-14-30(32)37(29)23-3-1-21(2-4-23)22-5-11-28(12-6-22)42-35-15-9-26(40)19-33(35)34-20-27(41)10-16-36(34)42;1-10-11-12-16-13-17(23-25-19(2,3)20(4,5)26-23)15-18(14-16)24-27-21(6,7)22(8,9)28-24;1-2-19(15-23-16-19)14-22-12-6-4-3-5-11-21-13-17-7-9-18(20)10-8-17/h1-20,37H;13-15H,10-12H2,1-9H3;7-10H,2-6,11-16H2,1H3. The fourth-order valence-electron chi connectivity index (χ4n) is 12.6. The van der Waals surface area contributed by atoms with Gasteiger partial charge in [0.05, 0.1) is 59.9 Å². The molecule has 9 aromatic rings. The Morgan fingerprint density at radius 3 is 1.38 bits per heavy atom. The zero-order valence-corrected chi connectivity index (χ0v) is 63.3. The maximum Gasteiger partial charge on any atom is 0.494 e. The Hall–Kier alpha value is -4.19. The van der Waals surface area contributed by atoms with Gasteiger partial charge >= 0.3 is 14.2 Å². The van der Waals surface area contributed by atoms with Gasteiger partial charge in [-0.15, -0.1) is 0 Å². The van der Waals surface area contributed by atoms with Gasteiger partial charge in [0.25, 0.3) is 0 Å². The summed E-state index contributed by atoms with van der Waals surface area (Å²) in [4.78, 5) is 0. The van der Waals surface area contributed by atoms with Gasteiger partial charge in [0, 0.05) is 63.4 Å². The average molecular weight is 1570 g/mol. The normalized spacial score (nSPS) is 17.2. The van der Waals surface area contributed by atoms with Crippen molar-refractivity contribution in [3.05, 3.63) is 214 Å². The number of nitrogens with zero attached hydrogens (tertiary/aromatic N) is 1. The van der Waals surface area contributed by atoms with E-state index in [0.717, 1.165) is 111 Å². The highest BCUT2D eigenvalue weighted by atomic mass is 79.9. The monoisotopic (exact) mass is 1570 g/mol. The molecule has 0 N–H and O–H groups in total. The lowest BCUT2D eigenvalue weighted by molar-refractivity contribution is -0.150. The van der Waals surface area contributed by atoms with Gasteiger partial charge in [-0.3, -0.25) is 0 Å². The van der Waals surface area contributed by atoms with Crippen LogP contribution in [0.4, 0.5) is 0 Å². The van der Waals surface area contributed by atoms with Crippen LogP contribution in [0.3, 0.4) is 0 Å². The summed E-state index contributed by atoms with van der Waals surface area (Å²) in [5.41, 5.74) is 16.0. The molecule has 0 unspecified atom stereocenters. The van der Waals surface area contributed by atoms with Crippen molar-refractivity contribution in [1.29, 1.82) is 0 Å². The van der Waals surface area contributed by atoms with Crippen LogP contribution in [0, 0.1) is 5.41 Å². The highest BCUT2D eigenvalue weighted by Gasteiger charge is 2.54. The maximum atomic E-state index is 6.31. The van der Waals surface area contributed by atoms with Crippen LogP contribution >= 0.6 is 79.6 Å². The number of aromatic nitrogens is 1. The molecule has 8 nitrogen and oxygen atoms in total. The lowest BCUT2D eigenvalue weighted by atomic mass is 9.70. The number of hydrogen-bond acceptors (Lipinski definition) is 7. The van der Waals surface area contributed by atoms with Crippen LogP contribution in [0.1, 0.15) is 148 Å². The topological polar surface area (TPSA) is 69.5 Å². The second-order valence-corrected chi connectivity index (χ2v) is 32.1. The van der Waals surface area contributed by atoms with Crippen LogP contribution in [0.5, 0.6) is 0 Å². The van der Waals surface area contributed by atoms with E-state index in [1.54, 1.807) is 0 Å². The average Bonchev–Trinajstić information content (AvgIpc) is 1.62. The first-order valence-electron chi connectivity index (χ1n) is 33.0. The molecule has 3 aliphatic heterocycles. The van der Waals surface area contributed by atoms with Crippen LogP contribution < -0.4 is 10.9 Å². The van der Waals surface area contributed by atoms with Gasteiger partial charge in [-0.2, -0.15) is 0 Å². The SMILES string of the molecule is Brc1ccc2c(c1)-c1cc(Br)ccc1C2c1ccc(-c2ccc(-n3c4ccc(Br)cc4c4cc(Br)ccc43)cc2)cc1.CCC1(COCCCCCCOCc2ccc(Br)cc2)COC1.CCCCc1cc(B2OC(C)(C)C(C)(C)O2)cc(B2OC(C)(C)C(C)(C)O2)c1. The first-order valence-corrected chi connectivity index (χ1v) is 36.9. The molecule has 0 amide bonds. The predicted molar refractivity (Wildman–Crippen MR) is 403 cm³/mol. The lowest BCUT2D eigenvalue weighted by Gasteiger charge is -2.40. The number of halogens is 5. The van der Waals surface area contributed by atoms with E-state index in [0.29, 0.717) is 12.0 Å². The Balaban J connectivity index is 0.000000152. The molecule has 4 aliphatic rings. The molecule has 1 aliphatic carbocycles. The molecule has 8 aromatic carbocycles. The van der Waals surface area contributed by atoms with Crippen LogP contribution in [0.2, 0.25) is 0 Å². The first kappa shape index (κ1) is 70.1. The number of aryl methyl sites for hydroxylation is 1. The summed E-state index contributed by atoms with van der Waals surface area (Å²) < 4.78 is 49.9. The number of fused-ring (bicyclic) bond motifs is 6. The minimum absolute atomic E-state index is 0.225. The second-order valence-electron chi connectivity index (χ2n) is 27.5. The van der Waals surface area contributed by atoms with Gasteiger partial charge in [0.1, 0.15) is 0 Å². The highest BCUT2D eigenvalue weighted by molar-refractivity contribution is 9.11. The van der Waals surface area contributed by atoms with E-state index in [1.165, 1.54) is 84.7 Å². The van der Waals surface area contributed by atoms with Gasteiger partial charge in [-0.05, 0) is 233 Å². The van der Waals surface area contributed by atoms with E-state index in [-0.39, 0.29) is 42.6 Å². The van der Waals surface area contributed by atoms with Crippen molar-refractivity contribution in [2.45, 2.75) is 156 Å². The fraction of sp³-hybridized carbons (Fsp3) is 0.385. The third kappa shape index (κ3) is 16.0. The maximum absolute atomic E-state index is 6.31. The van der Waals surface area contributed by atoms with Crippen molar-refractivity contribution in [2.75, 3.05) is 33.0 Å². The molecule has 3 saturated heterocycles. The predicted octanol–water partition coefficient (Wildman–Crippen LogP) is 21.3. The summed E-state index contributed by atoms with van der Waals surface area (Å²) in [7, 11) is -0.763. The molecule has 15 heteroatoms. The van der Waals surface area contributed by atoms with E-state index in [1.807, 2.05) is 0 Å². The van der Waals surface area contributed by atoms with E-state index >= 15 is 0 Å². The summed E-state index contributed by atoms with van der Waals surface area (Å²) in [6.07, 6.45) is 9.20. The number of ether oxygens (including phenoxy) is 3. The summed E-state index contributed by atoms with van der Waals surface area (Å²) in [6.45, 7) is 26.2. The van der Waals surface area contributed by atoms with E-state index in [4.69, 9.17) is 32.8 Å². The summed E-state index contributed by atoms with van der Waals surface area (Å²) >= 11 is 18.1. The third-order valence-electron chi connectivity index (χ3n) is 19.7. The zero-order valence-electron chi connectivity index (χ0n) is 55.4. The zero-order chi connectivity index (χ0) is 65.9. The molecule has 0 spiro atoms. The van der Waals surface area contributed by atoms with E-state index in [2.05, 4.69) is 317 Å². The number of benzene rings is 8. The molecule has 486 valence electrons. The van der Waals surface area contributed by atoms with Crippen molar-refractivity contribution < 1.29 is 32.8 Å². The molecule has 0 atom stereocenters. The quantitative estimate of drug-likeness (QED) is 0.0556. The summed E-state index contributed by atoms with van der Waals surface area (Å²) in [5.74, 6) is 0.225. The molecule has 0 radical (unpaired) electrons. The first-order chi connectivity index (χ1) is 44.5. The van der Waals surface area contributed by atoms with Crippen molar-refractivity contribution in [1.82, 2.24) is 4.57 Å². The minimum atomic E-state index is -0.382. The molecular weight excluding hydrogens is 1480 g/mol. The van der Waals surface area contributed by atoms with Crippen LogP contribution in [0.15, 0.2) is 186 Å². The Morgan fingerprint density at radius 2 is 0.914 bits per heavy atom. The lowest BCUT2D eigenvalue weighted by Crippen LogP contribution is -2.45. The summed E-state index contributed by atoms with van der Waals surface area (Å²) in [6, 6.07) is 59.2. The molecule has 0 saturated carbocycles. The second kappa shape index (κ2) is 29.9. The van der Waals surface area contributed by atoms with Crippen molar-refractivity contribution >= 4 is 127 Å². The van der Waals surface area contributed by atoms with Gasteiger partial charge < -0.3 is 37.4 Å². The van der Waals surface area contributed by atoms with Crippen molar-refractivity contribution in [3.63, 3.8) is 0 Å². The molecule has 3 fully saturated rings. The Morgan fingerprint density at radius 1 is 0.462 bits per heavy atom. The number of rotatable bonds is 20. The van der Waals surface area contributed by atoms with E-state index < -0.39 is 0 Å². The molecule has 1 aromatic heterocycles. The number of unbranched alkanes of at least 4 members (excludes halogenated alkanes) is 4. The Labute approximate surface area is 594 Å². The van der Waals surface area contributed by atoms with Crippen LogP contribution in [0.25, 0.3) is 49.7 Å². The highest BCUT2D eigenvalue weighted by Crippen LogP contribution is 2.50. The van der Waals surface area contributed by atoms with Gasteiger partial charge in [-0.1, -0.05) is 192 Å². The molecule has 0 bridgehead atoms. The van der Waals surface area contributed by atoms with Crippen LogP contribution in [-0.2, 0) is 45.9 Å². The van der Waals surface area contributed by atoms with Gasteiger partial charge in [-0.25, -0.2) is 0 Å². The fourth-order valence-corrected chi connectivity index (χ4v) is 14.3. The number of hydrogen-bond donors (Lipinski definition) is 0. The molecule has 13 rings (SSSR count). The molecular formula is C78H86B2Br5NO7. The molecule has 4 heterocycles. The van der Waals surface area contributed by atoms with E-state index in [9.17, 15) is 0 Å². The smallest absolute Gasteiger partial charge is 0.399 e.